The normalized spacial score (nSPS) is 9.95. The van der Waals surface area contributed by atoms with Crippen molar-refractivity contribution < 1.29 is 14.6 Å². The predicted molar refractivity (Wildman–Crippen MR) is 81.4 cm³/mol. The van der Waals surface area contributed by atoms with Crippen LogP contribution in [0.5, 0.6) is 11.5 Å². The van der Waals surface area contributed by atoms with Crippen LogP contribution in [0.3, 0.4) is 0 Å². The highest BCUT2D eigenvalue weighted by Crippen LogP contribution is 2.22. The second-order valence-electron chi connectivity index (χ2n) is 4.43. The molecule has 2 aromatic carbocycles. The third-order valence-electron chi connectivity index (χ3n) is 2.85. The number of nitrogens with two attached hydrogens (primary N) is 1. The molecule has 0 saturated carbocycles. The van der Waals surface area contributed by atoms with Crippen LogP contribution in [0.1, 0.15) is 5.56 Å². The Bertz CT molecular complexity index is 644. The van der Waals surface area contributed by atoms with E-state index >= 15 is 0 Å². The van der Waals surface area contributed by atoms with Crippen LogP contribution in [0, 0.1) is 0 Å². The number of aromatic hydroxyl groups is 1. The van der Waals surface area contributed by atoms with E-state index in [1.165, 1.54) is 19.2 Å². The number of phenolic OH excluding ortho intramolecular Hbond substituents is 1. The number of phenols is 1. The van der Waals surface area contributed by atoms with Gasteiger partial charge in [-0.25, -0.2) is 4.79 Å². The number of carbonyl (C=O) groups excluding carboxylic acids is 1. The van der Waals surface area contributed by atoms with Crippen molar-refractivity contribution in [1.29, 1.82) is 0 Å². The van der Waals surface area contributed by atoms with Crippen molar-refractivity contribution in [2.75, 3.05) is 18.2 Å². The van der Waals surface area contributed by atoms with Crippen molar-refractivity contribution in [3.8, 4) is 11.5 Å². The van der Waals surface area contributed by atoms with E-state index in [-0.39, 0.29) is 11.8 Å². The summed E-state index contributed by atoms with van der Waals surface area (Å²) in [5, 5.41) is 14.7. The first kappa shape index (κ1) is 14.5. The first-order valence-electron chi connectivity index (χ1n) is 6.35. The summed E-state index contributed by atoms with van der Waals surface area (Å²) < 4.78 is 5.12. The minimum atomic E-state index is -0.364. The summed E-state index contributed by atoms with van der Waals surface area (Å²) in [6.45, 7) is 0.335. The van der Waals surface area contributed by atoms with Crippen molar-refractivity contribution in [2.45, 2.75) is 6.54 Å². The lowest BCUT2D eigenvalue weighted by atomic mass is 10.2. The zero-order valence-corrected chi connectivity index (χ0v) is 11.6. The number of urea groups is 1. The zero-order chi connectivity index (χ0) is 15.2. The van der Waals surface area contributed by atoms with E-state index < -0.39 is 0 Å². The van der Waals surface area contributed by atoms with E-state index in [9.17, 15) is 9.90 Å². The third kappa shape index (κ3) is 4.04. The zero-order valence-electron chi connectivity index (χ0n) is 11.6. The third-order valence-corrected chi connectivity index (χ3v) is 2.85. The number of carbonyl (C=O) groups is 1. The van der Waals surface area contributed by atoms with Gasteiger partial charge < -0.3 is 26.2 Å². The number of nitrogen functional groups attached to an aromatic ring is 1. The monoisotopic (exact) mass is 287 g/mol. The molecule has 0 saturated heterocycles. The fourth-order valence-corrected chi connectivity index (χ4v) is 1.81. The van der Waals surface area contributed by atoms with Gasteiger partial charge in [0.25, 0.3) is 0 Å². The Balaban J connectivity index is 1.92. The van der Waals surface area contributed by atoms with Crippen LogP contribution in [-0.4, -0.2) is 18.2 Å². The molecule has 5 N–H and O–H groups in total. The molecule has 0 atom stereocenters. The predicted octanol–water partition coefficient (Wildman–Crippen LogP) is 2.30. The summed E-state index contributed by atoms with van der Waals surface area (Å²) in [6.07, 6.45) is 0. The minimum Gasteiger partial charge on any atom is -0.508 e. The van der Waals surface area contributed by atoms with Crippen LogP contribution in [0.4, 0.5) is 16.2 Å². The van der Waals surface area contributed by atoms with E-state index in [0.717, 1.165) is 5.56 Å². The summed E-state index contributed by atoms with van der Waals surface area (Å²) >= 11 is 0. The van der Waals surface area contributed by atoms with E-state index in [1.54, 1.807) is 24.3 Å². The summed E-state index contributed by atoms with van der Waals surface area (Å²) in [5.41, 5.74) is 7.65. The molecule has 0 aliphatic carbocycles. The lowest BCUT2D eigenvalue weighted by Gasteiger charge is -2.10. The molecule has 0 aliphatic rings. The molecule has 6 nitrogen and oxygen atoms in total. The Kier molecular flexibility index (Phi) is 4.50. The average molecular weight is 287 g/mol. The molecule has 0 heterocycles. The number of ether oxygens (including phenoxy) is 1. The number of rotatable bonds is 4. The second kappa shape index (κ2) is 6.51. The SMILES string of the molecule is COc1cc(CNC(=O)Nc2cccc(O)c2)ccc1N. The largest absolute Gasteiger partial charge is 0.508 e. The molecule has 0 bridgehead atoms. The summed E-state index contributed by atoms with van der Waals surface area (Å²) in [6, 6.07) is 11.3. The Hall–Kier alpha value is -2.89. The van der Waals surface area contributed by atoms with Gasteiger partial charge in [0.15, 0.2) is 0 Å². The fraction of sp³-hybridized carbons (Fsp3) is 0.133. The summed E-state index contributed by atoms with van der Waals surface area (Å²) in [5.74, 6) is 0.666. The van der Waals surface area contributed by atoms with Crippen molar-refractivity contribution >= 4 is 17.4 Å². The highest BCUT2D eigenvalue weighted by Gasteiger charge is 2.04. The van der Waals surface area contributed by atoms with Gasteiger partial charge in [0.2, 0.25) is 0 Å². The Morgan fingerprint density at radius 3 is 2.81 bits per heavy atom. The van der Waals surface area contributed by atoms with Crippen LogP contribution >= 0.6 is 0 Å². The van der Waals surface area contributed by atoms with Gasteiger partial charge >= 0.3 is 6.03 Å². The van der Waals surface area contributed by atoms with Gasteiger partial charge in [-0.05, 0) is 29.8 Å². The number of anilines is 2. The number of methoxy groups -OCH3 is 1. The molecule has 0 unspecified atom stereocenters. The molecule has 110 valence electrons. The molecule has 2 amide bonds. The van der Waals surface area contributed by atoms with Crippen LogP contribution in [0.2, 0.25) is 0 Å². The average Bonchev–Trinajstić information content (AvgIpc) is 2.46. The molecule has 2 rings (SSSR count). The minimum absolute atomic E-state index is 0.0936. The standard InChI is InChI=1S/C15H17N3O3/c1-21-14-7-10(5-6-13(14)16)9-17-15(20)18-11-3-2-4-12(19)8-11/h2-8,19H,9,16H2,1H3,(H2,17,18,20). The Labute approximate surface area is 122 Å². The maximum atomic E-state index is 11.8. The molecule has 0 fully saturated rings. The molecule has 0 aromatic heterocycles. The number of hydrogen-bond acceptors (Lipinski definition) is 4. The number of hydrogen-bond donors (Lipinski definition) is 4. The van der Waals surface area contributed by atoms with Crippen LogP contribution < -0.4 is 21.1 Å². The molecule has 0 radical (unpaired) electrons. The maximum absolute atomic E-state index is 11.8. The molecule has 21 heavy (non-hydrogen) atoms. The van der Waals surface area contributed by atoms with Gasteiger partial charge in [-0.1, -0.05) is 12.1 Å². The van der Waals surface area contributed by atoms with Gasteiger partial charge in [0.05, 0.1) is 12.8 Å². The molecule has 6 heteroatoms. The van der Waals surface area contributed by atoms with Gasteiger partial charge in [0, 0.05) is 18.3 Å². The highest BCUT2D eigenvalue weighted by atomic mass is 16.5. The molecule has 0 spiro atoms. The van der Waals surface area contributed by atoms with E-state index in [0.29, 0.717) is 23.7 Å². The molecule has 0 aliphatic heterocycles. The van der Waals surface area contributed by atoms with E-state index in [2.05, 4.69) is 10.6 Å². The van der Waals surface area contributed by atoms with Crippen LogP contribution in [-0.2, 0) is 6.54 Å². The molecular formula is C15H17N3O3. The van der Waals surface area contributed by atoms with Gasteiger partial charge in [-0.3, -0.25) is 0 Å². The quantitative estimate of drug-likeness (QED) is 0.649. The summed E-state index contributed by atoms with van der Waals surface area (Å²) in [7, 11) is 1.54. The van der Waals surface area contributed by atoms with E-state index in [1.807, 2.05) is 6.07 Å². The molecular weight excluding hydrogens is 270 g/mol. The Morgan fingerprint density at radius 2 is 2.10 bits per heavy atom. The van der Waals surface area contributed by atoms with Crippen molar-refractivity contribution in [1.82, 2.24) is 5.32 Å². The van der Waals surface area contributed by atoms with Gasteiger partial charge in [-0.2, -0.15) is 0 Å². The second-order valence-corrected chi connectivity index (χ2v) is 4.43. The summed E-state index contributed by atoms with van der Waals surface area (Å²) in [4.78, 5) is 11.8. The van der Waals surface area contributed by atoms with Gasteiger partial charge in [0.1, 0.15) is 11.5 Å². The van der Waals surface area contributed by atoms with Crippen molar-refractivity contribution in [3.05, 3.63) is 48.0 Å². The van der Waals surface area contributed by atoms with Crippen molar-refractivity contribution in [2.24, 2.45) is 0 Å². The number of amides is 2. The lowest BCUT2D eigenvalue weighted by Crippen LogP contribution is -2.28. The smallest absolute Gasteiger partial charge is 0.319 e. The number of nitrogens with one attached hydrogen (secondary N) is 2. The van der Waals surface area contributed by atoms with Gasteiger partial charge in [-0.15, -0.1) is 0 Å². The Morgan fingerprint density at radius 1 is 1.29 bits per heavy atom. The van der Waals surface area contributed by atoms with E-state index in [4.69, 9.17) is 10.5 Å². The topological polar surface area (TPSA) is 96.6 Å². The number of benzene rings is 2. The first-order valence-corrected chi connectivity index (χ1v) is 6.35. The fourth-order valence-electron chi connectivity index (χ4n) is 1.81. The van der Waals surface area contributed by atoms with Crippen LogP contribution in [0.15, 0.2) is 42.5 Å². The maximum Gasteiger partial charge on any atom is 0.319 e. The lowest BCUT2D eigenvalue weighted by molar-refractivity contribution is 0.251. The highest BCUT2D eigenvalue weighted by molar-refractivity contribution is 5.89. The molecule has 2 aromatic rings. The first-order chi connectivity index (χ1) is 10.1. The van der Waals surface area contributed by atoms with Crippen molar-refractivity contribution in [3.63, 3.8) is 0 Å². The van der Waals surface area contributed by atoms with Crippen LogP contribution in [0.25, 0.3) is 0 Å².